The number of nitrogens with zero attached hydrogens (tertiary/aromatic N) is 1. The Bertz CT molecular complexity index is 599. The predicted octanol–water partition coefficient (Wildman–Crippen LogP) is 1.91. The zero-order chi connectivity index (χ0) is 12.6. The van der Waals surface area contributed by atoms with Gasteiger partial charge in [0.25, 0.3) is 0 Å². The molecule has 0 bridgehead atoms. The molecule has 1 aromatic heterocycles. The van der Waals surface area contributed by atoms with Crippen molar-refractivity contribution in [2.75, 3.05) is 19.0 Å². The van der Waals surface area contributed by atoms with Crippen LogP contribution in [0.1, 0.15) is 18.6 Å². The van der Waals surface area contributed by atoms with Crippen LogP contribution in [0.5, 0.6) is 0 Å². The van der Waals surface area contributed by atoms with Gasteiger partial charge in [-0.15, -0.1) is 0 Å². The molecule has 4 nitrogen and oxygen atoms in total. The van der Waals surface area contributed by atoms with E-state index in [0.717, 1.165) is 11.1 Å². The van der Waals surface area contributed by atoms with E-state index < -0.39 is 11.7 Å². The third kappa shape index (κ3) is 2.17. The molecule has 4 heteroatoms. The molecule has 90 valence electrons. The predicted molar refractivity (Wildman–Crippen MR) is 67.4 cm³/mol. The SMILES string of the molecule is CC(O)c1cc(=O)oc2cc(N(C)C)ccc12. The lowest BCUT2D eigenvalue weighted by atomic mass is 10.1. The Morgan fingerprint density at radius 3 is 2.59 bits per heavy atom. The van der Waals surface area contributed by atoms with Gasteiger partial charge in [0, 0.05) is 37.3 Å². The lowest BCUT2D eigenvalue weighted by Gasteiger charge is -2.14. The summed E-state index contributed by atoms with van der Waals surface area (Å²) in [6, 6.07) is 6.91. The fourth-order valence-electron chi connectivity index (χ4n) is 1.80. The smallest absolute Gasteiger partial charge is 0.336 e. The summed E-state index contributed by atoms with van der Waals surface area (Å²) in [5, 5.41) is 10.4. The van der Waals surface area contributed by atoms with Gasteiger partial charge in [0.05, 0.1) is 6.10 Å². The van der Waals surface area contributed by atoms with Gasteiger partial charge in [-0.3, -0.25) is 0 Å². The molecule has 0 amide bonds. The van der Waals surface area contributed by atoms with Crippen molar-refractivity contribution in [1.29, 1.82) is 0 Å². The van der Waals surface area contributed by atoms with E-state index in [1.165, 1.54) is 6.07 Å². The van der Waals surface area contributed by atoms with Crippen molar-refractivity contribution in [3.8, 4) is 0 Å². The molecular formula is C13H15NO3. The van der Waals surface area contributed by atoms with Crippen molar-refractivity contribution >= 4 is 16.7 Å². The topological polar surface area (TPSA) is 53.7 Å². The molecule has 1 unspecified atom stereocenters. The molecule has 0 saturated carbocycles. The van der Waals surface area contributed by atoms with Crippen molar-refractivity contribution in [3.63, 3.8) is 0 Å². The second-order valence-corrected chi connectivity index (χ2v) is 4.27. The van der Waals surface area contributed by atoms with Crippen LogP contribution in [0.4, 0.5) is 5.69 Å². The van der Waals surface area contributed by atoms with Crippen LogP contribution >= 0.6 is 0 Å². The van der Waals surface area contributed by atoms with Crippen LogP contribution < -0.4 is 10.5 Å². The number of benzene rings is 1. The molecule has 0 spiro atoms. The van der Waals surface area contributed by atoms with Crippen LogP contribution in [-0.2, 0) is 0 Å². The van der Waals surface area contributed by atoms with E-state index in [4.69, 9.17) is 4.42 Å². The van der Waals surface area contributed by atoms with Crippen molar-refractivity contribution in [2.45, 2.75) is 13.0 Å². The second-order valence-electron chi connectivity index (χ2n) is 4.27. The van der Waals surface area contributed by atoms with Gasteiger partial charge in [0.2, 0.25) is 0 Å². The highest BCUT2D eigenvalue weighted by Crippen LogP contribution is 2.25. The van der Waals surface area contributed by atoms with Gasteiger partial charge in [0.15, 0.2) is 0 Å². The number of hydrogen-bond donors (Lipinski definition) is 1. The fraction of sp³-hybridized carbons (Fsp3) is 0.308. The maximum absolute atomic E-state index is 11.4. The average Bonchev–Trinajstić information content (AvgIpc) is 2.26. The Kier molecular flexibility index (Phi) is 2.90. The quantitative estimate of drug-likeness (QED) is 0.805. The summed E-state index contributed by atoms with van der Waals surface area (Å²) in [6.45, 7) is 1.63. The van der Waals surface area contributed by atoms with Gasteiger partial charge >= 0.3 is 5.63 Å². The largest absolute Gasteiger partial charge is 0.423 e. The van der Waals surface area contributed by atoms with Gasteiger partial charge in [0.1, 0.15) is 5.58 Å². The third-order valence-corrected chi connectivity index (χ3v) is 2.73. The first-order valence-corrected chi connectivity index (χ1v) is 5.42. The highest BCUT2D eigenvalue weighted by atomic mass is 16.4. The van der Waals surface area contributed by atoms with E-state index in [-0.39, 0.29) is 0 Å². The first-order valence-electron chi connectivity index (χ1n) is 5.42. The van der Waals surface area contributed by atoms with Gasteiger partial charge in [-0.05, 0) is 24.6 Å². The Hall–Kier alpha value is -1.81. The highest BCUT2D eigenvalue weighted by Gasteiger charge is 2.10. The van der Waals surface area contributed by atoms with Crippen molar-refractivity contribution in [2.24, 2.45) is 0 Å². The minimum atomic E-state index is -0.688. The molecule has 0 radical (unpaired) electrons. The first kappa shape index (κ1) is 11.7. The summed E-state index contributed by atoms with van der Waals surface area (Å²) in [5.41, 5.74) is 1.61. The van der Waals surface area contributed by atoms with Gasteiger partial charge in [-0.2, -0.15) is 0 Å². The normalized spacial score (nSPS) is 12.7. The van der Waals surface area contributed by atoms with Crippen LogP contribution in [0, 0.1) is 0 Å². The molecule has 1 N–H and O–H groups in total. The second kappa shape index (κ2) is 4.22. The molecule has 1 heterocycles. The lowest BCUT2D eigenvalue weighted by Crippen LogP contribution is -2.09. The molecule has 17 heavy (non-hydrogen) atoms. The van der Waals surface area contributed by atoms with Gasteiger partial charge in [-0.25, -0.2) is 4.79 Å². The Morgan fingerprint density at radius 2 is 2.00 bits per heavy atom. The van der Waals surface area contributed by atoms with Crippen molar-refractivity contribution in [1.82, 2.24) is 0 Å². The molecule has 1 aromatic carbocycles. The van der Waals surface area contributed by atoms with Crippen LogP contribution in [0.3, 0.4) is 0 Å². The number of rotatable bonds is 2. The van der Waals surface area contributed by atoms with Crippen molar-refractivity contribution in [3.05, 3.63) is 40.2 Å². The third-order valence-electron chi connectivity index (χ3n) is 2.73. The molecule has 0 aliphatic rings. The molecule has 2 rings (SSSR count). The summed E-state index contributed by atoms with van der Waals surface area (Å²) in [4.78, 5) is 13.3. The molecule has 0 fully saturated rings. The van der Waals surface area contributed by atoms with Crippen molar-refractivity contribution < 1.29 is 9.52 Å². The maximum atomic E-state index is 11.4. The molecule has 0 saturated heterocycles. The highest BCUT2D eigenvalue weighted by molar-refractivity contribution is 5.83. The van der Waals surface area contributed by atoms with Crippen LogP contribution in [-0.4, -0.2) is 19.2 Å². The fourth-order valence-corrected chi connectivity index (χ4v) is 1.80. The molecule has 0 aliphatic carbocycles. The molecular weight excluding hydrogens is 218 g/mol. The number of anilines is 1. The van der Waals surface area contributed by atoms with E-state index in [2.05, 4.69) is 0 Å². The molecule has 2 aromatic rings. The minimum absolute atomic E-state index is 0.440. The maximum Gasteiger partial charge on any atom is 0.336 e. The molecule has 1 atom stereocenters. The lowest BCUT2D eigenvalue weighted by molar-refractivity contribution is 0.200. The van der Waals surface area contributed by atoms with Crippen LogP contribution in [0.15, 0.2) is 33.5 Å². The van der Waals surface area contributed by atoms with E-state index in [1.54, 1.807) is 13.0 Å². The number of hydrogen-bond acceptors (Lipinski definition) is 4. The zero-order valence-corrected chi connectivity index (χ0v) is 10.1. The minimum Gasteiger partial charge on any atom is -0.423 e. The summed E-state index contributed by atoms with van der Waals surface area (Å²) >= 11 is 0. The van der Waals surface area contributed by atoms with Gasteiger partial charge in [-0.1, -0.05) is 0 Å². The summed E-state index contributed by atoms with van der Waals surface area (Å²) < 4.78 is 5.15. The van der Waals surface area contributed by atoms with E-state index in [1.807, 2.05) is 31.1 Å². The van der Waals surface area contributed by atoms with E-state index in [0.29, 0.717) is 11.1 Å². The summed E-state index contributed by atoms with van der Waals surface area (Å²) in [6.07, 6.45) is -0.688. The first-order chi connectivity index (χ1) is 7.99. The average molecular weight is 233 g/mol. The standard InChI is InChI=1S/C13H15NO3/c1-8(15)11-7-13(16)17-12-6-9(14(2)3)4-5-10(11)12/h4-8,15H,1-3H3. The van der Waals surface area contributed by atoms with Crippen LogP contribution in [0.2, 0.25) is 0 Å². The molecule has 0 aliphatic heterocycles. The van der Waals surface area contributed by atoms with Crippen LogP contribution in [0.25, 0.3) is 11.0 Å². The monoisotopic (exact) mass is 233 g/mol. The summed E-state index contributed by atoms with van der Waals surface area (Å²) in [7, 11) is 3.83. The number of aliphatic hydroxyl groups is 1. The number of fused-ring (bicyclic) bond motifs is 1. The van der Waals surface area contributed by atoms with Gasteiger partial charge < -0.3 is 14.4 Å². The number of aliphatic hydroxyl groups excluding tert-OH is 1. The zero-order valence-electron chi connectivity index (χ0n) is 10.1. The Morgan fingerprint density at radius 1 is 1.29 bits per heavy atom. The summed E-state index contributed by atoms with van der Waals surface area (Å²) in [5.74, 6) is 0. The Balaban J connectivity index is 2.75. The van der Waals surface area contributed by atoms with E-state index in [9.17, 15) is 9.90 Å². The Labute approximate surface area is 99.1 Å². The van der Waals surface area contributed by atoms with E-state index >= 15 is 0 Å².